The molecule has 2 aromatic rings. The van der Waals surface area contributed by atoms with E-state index in [0.29, 0.717) is 24.0 Å². The summed E-state index contributed by atoms with van der Waals surface area (Å²) in [6.07, 6.45) is 3.87. The van der Waals surface area contributed by atoms with E-state index in [-0.39, 0.29) is 49.8 Å². The van der Waals surface area contributed by atoms with Gasteiger partial charge in [0, 0.05) is 32.0 Å². The Kier molecular flexibility index (Phi) is 9.62. The lowest BCUT2D eigenvalue weighted by molar-refractivity contribution is -0.143. The number of benzene rings is 2. The second kappa shape index (κ2) is 13.1. The maximum Gasteiger partial charge on any atom is 0.306 e. The number of ether oxygens (including phenoxy) is 2. The third-order valence-corrected chi connectivity index (χ3v) is 8.14. The van der Waals surface area contributed by atoms with Crippen LogP contribution in [0.2, 0.25) is 0 Å². The Hall–Kier alpha value is -3.39. The number of amides is 2. The van der Waals surface area contributed by atoms with Crippen molar-refractivity contribution < 1.29 is 29.0 Å². The highest BCUT2D eigenvalue weighted by Gasteiger charge is 2.30. The highest BCUT2D eigenvalue weighted by molar-refractivity contribution is 6.01. The van der Waals surface area contributed by atoms with Crippen molar-refractivity contribution in [2.45, 2.75) is 65.0 Å². The third-order valence-electron chi connectivity index (χ3n) is 8.14. The molecule has 0 radical (unpaired) electrons. The molecule has 1 saturated carbocycles. The molecule has 4 rings (SSSR count). The summed E-state index contributed by atoms with van der Waals surface area (Å²) in [4.78, 5) is 38.9. The number of rotatable bonds is 12. The molecule has 0 aromatic heterocycles. The lowest BCUT2D eigenvalue weighted by Gasteiger charge is -2.35. The SMILES string of the molecule is COc1cc(CN(C[C@H]2CC[C@H](C(=O)O)CC2)C(C)c2ccc(C)cc2)ccc1OCCN1C(=O)CCC1=O. The molecule has 2 amide bonds. The van der Waals surface area contributed by atoms with Crippen LogP contribution < -0.4 is 9.47 Å². The van der Waals surface area contributed by atoms with E-state index in [4.69, 9.17) is 9.47 Å². The van der Waals surface area contributed by atoms with Crippen LogP contribution in [0.1, 0.15) is 68.2 Å². The summed E-state index contributed by atoms with van der Waals surface area (Å²) in [6.45, 7) is 6.35. The van der Waals surface area contributed by atoms with E-state index < -0.39 is 5.97 Å². The lowest BCUT2D eigenvalue weighted by Crippen LogP contribution is -2.34. The molecule has 1 heterocycles. The van der Waals surface area contributed by atoms with E-state index in [1.807, 2.05) is 18.2 Å². The average Bonchev–Trinajstić information content (AvgIpc) is 3.26. The molecule has 39 heavy (non-hydrogen) atoms. The highest BCUT2D eigenvalue weighted by Crippen LogP contribution is 2.34. The Morgan fingerprint density at radius 3 is 2.31 bits per heavy atom. The molecule has 0 spiro atoms. The Labute approximate surface area is 230 Å². The van der Waals surface area contributed by atoms with E-state index in [1.54, 1.807) is 7.11 Å². The van der Waals surface area contributed by atoms with E-state index in [9.17, 15) is 19.5 Å². The topological polar surface area (TPSA) is 96.4 Å². The molecular formula is C31H40N2O6. The number of aliphatic carboxylic acids is 1. The summed E-state index contributed by atoms with van der Waals surface area (Å²) in [5, 5.41) is 9.40. The van der Waals surface area contributed by atoms with Gasteiger partial charge in [-0.2, -0.15) is 0 Å². The first kappa shape index (κ1) is 28.6. The number of methoxy groups -OCH3 is 1. The maximum atomic E-state index is 11.9. The Balaban J connectivity index is 1.45. The Bertz CT molecular complexity index is 1140. The molecular weight excluding hydrogens is 496 g/mol. The van der Waals surface area contributed by atoms with Crippen molar-refractivity contribution in [1.82, 2.24) is 9.80 Å². The van der Waals surface area contributed by atoms with Crippen molar-refractivity contribution in [3.8, 4) is 11.5 Å². The summed E-state index contributed by atoms with van der Waals surface area (Å²) >= 11 is 0. The monoisotopic (exact) mass is 536 g/mol. The summed E-state index contributed by atoms with van der Waals surface area (Å²) < 4.78 is 11.5. The van der Waals surface area contributed by atoms with E-state index in [2.05, 4.69) is 43.0 Å². The van der Waals surface area contributed by atoms with Crippen LogP contribution in [0.5, 0.6) is 11.5 Å². The predicted octanol–water partition coefficient (Wildman–Crippen LogP) is 4.99. The van der Waals surface area contributed by atoms with Crippen LogP contribution in [0.15, 0.2) is 42.5 Å². The van der Waals surface area contributed by atoms with Gasteiger partial charge < -0.3 is 14.6 Å². The van der Waals surface area contributed by atoms with Gasteiger partial charge in [0.05, 0.1) is 19.6 Å². The van der Waals surface area contributed by atoms with Gasteiger partial charge in [0.2, 0.25) is 11.8 Å². The van der Waals surface area contributed by atoms with E-state index >= 15 is 0 Å². The zero-order chi connectivity index (χ0) is 27.9. The third kappa shape index (κ3) is 7.38. The zero-order valence-corrected chi connectivity index (χ0v) is 23.2. The van der Waals surface area contributed by atoms with Crippen LogP contribution in [-0.4, -0.2) is 59.5 Å². The van der Waals surface area contributed by atoms with E-state index in [1.165, 1.54) is 16.0 Å². The van der Waals surface area contributed by atoms with Crippen LogP contribution >= 0.6 is 0 Å². The fraction of sp³-hybridized carbons (Fsp3) is 0.516. The number of aryl methyl sites for hydroxylation is 1. The summed E-state index contributed by atoms with van der Waals surface area (Å²) in [5.41, 5.74) is 3.56. The number of hydrogen-bond donors (Lipinski definition) is 1. The largest absolute Gasteiger partial charge is 0.493 e. The maximum absolute atomic E-state index is 11.9. The molecule has 2 aromatic carbocycles. The molecule has 1 unspecified atom stereocenters. The van der Waals surface area contributed by atoms with Crippen molar-refractivity contribution in [2.24, 2.45) is 11.8 Å². The van der Waals surface area contributed by atoms with E-state index in [0.717, 1.165) is 37.8 Å². The average molecular weight is 537 g/mol. The van der Waals surface area contributed by atoms with Crippen molar-refractivity contribution >= 4 is 17.8 Å². The molecule has 1 N–H and O–H groups in total. The number of carboxylic acid groups (broad SMARTS) is 1. The molecule has 210 valence electrons. The summed E-state index contributed by atoms with van der Waals surface area (Å²) in [6, 6.07) is 14.7. The fourth-order valence-corrected chi connectivity index (χ4v) is 5.62. The number of nitrogens with zero attached hydrogens (tertiary/aromatic N) is 2. The minimum absolute atomic E-state index is 0.148. The van der Waals surface area contributed by atoms with Crippen molar-refractivity contribution in [3.63, 3.8) is 0 Å². The number of carbonyl (C=O) groups excluding carboxylic acids is 2. The fourth-order valence-electron chi connectivity index (χ4n) is 5.62. The Morgan fingerprint density at radius 2 is 1.69 bits per heavy atom. The first-order valence-corrected chi connectivity index (χ1v) is 13.9. The summed E-state index contributed by atoms with van der Waals surface area (Å²) in [5.74, 6) is 0.445. The van der Waals surface area contributed by atoms with Gasteiger partial charge in [0.15, 0.2) is 11.5 Å². The minimum Gasteiger partial charge on any atom is -0.493 e. The van der Waals surface area contributed by atoms with Gasteiger partial charge in [-0.15, -0.1) is 0 Å². The van der Waals surface area contributed by atoms with Crippen LogP contribution in [0, 0.1) is 18.8 Å². The number of carboxylic acids is 1. The molecule has 8 heteroatoms. The Morgan fingerprint density at radius 1 is 1.03 bits per heavy atom. The van der Waals surface area contributed by atoms with Crippen molar-refractivity contribution in [2.75, 3.05) is 26.8 Å². The number of hydrogen-bond acceptors (Lipinski definition) is 6. The second-order valence-electron chi connectivity index (χ2n) is 10.8. The number of imide groups is 1. The summed E-state index contributed by atoms with van der Waals surface area (Å²) in [7, 11) is 1.60. The van der Waals surface area contributed by atoms with Crippen LogP contribution in [-0.2, 0) is 20.9 Å². The molecule has 1 atom stereocenters. The molecule has 2 aliphatic rings. The zero-order valence-electron chi connectivity index (χ0n) is 23.2. The molecule has 8 nitrogen and oxygen atoms in total. The van der Waals surface area contributed by atoms with Crippen molar-refractivity contribution in [1.29, 1.82) is 0 Å². The number of likely N-dealkylation sites (tertiary alicyclic amines) is 1. The van der Waals surface area contributed by atoms with Gasteiger partial charge in [0.1, 0.15) is 6.61 Å². The quantitative estimate of drug-likeness (QED) is 0.382. The molecule has 1 aliphatic heterocycles. The van der Waals surface area contributed by atoms with Gasteiger partial charge in [-0.05, 0) is 68.7 Å². The first-order chi connectivity index (χ1) is 18.7. The molecule has 1 saturated heterocycles. The van der Waals surface area contributed by atoms with Gasteiger partial charge in [-0.3, -0.25) is 24.2 Å². The number of carbonyl (C=O) groups is 3. The van der Waals surface area contributed by atoms with Crippen LogP contribution in [0.3, 0.4) is 0 Å². The molecule has 1 aliphatic carbocycles. The molecule has 0 bridgehead atoms. The van der Waals surface area contributed by atoms with Crippen LogP contribution in [0.25, 0.3) is 0 Å². The standard InChI is InChI=1S/C31H40N2O6/c1-21-4-9-25(10-5-21)22(2)32(19-23-6-11-26(12-7-23)31(36)37)20-24-8-13-27(28(18-24)38-3)39-17-16-33-29(34)14-15-30(33)35/h4-5,8-10,13,18,22-23,26H,6-7,11-12,14-17,19-20H2,1-3H3,(H,36,37)/t22?,23-,26-. The van der Waals surface area contributed by atoms with Gasteiger partial charge in [0.25, 0.3) is 0 Å². The normalized spacial score (nSPS) is 20.4. The van der Waals surface area contributed by atoms with Crippen molar-refractivity contribution in [3.05, 3.63) is 59.2 Å². The van der Waals surface area contributed by atoms with Crippen LogP contribution in [0.4, 0.5) is 0 Å². The molecule has 2 fully saturated rings. The lowest BCUT2D eigenvalue weighted by atomic mass is 9.81. The smallest absolute Gasteiger partial charge is 0.306 e. The minimum atomic E-state index is -0.675. The van der Waals surface area contributed by atoms with Gasteiger partial charge in [-0.25, -0.2) is 0 Å². The van der Waals surface area contributed by atoms with Gasteiger partial charge in [-0.1, -0.05) is 35.9 Å². The highest BCUT2D eigenvalue weighted by atomic mass is 16.5. The second-order valence-corrected chi connectivity index (χ2v) is 10.8. The predicted molar refractivity (Wildman–Crippen MR) is 148 cm³/mol. The first-order valence-electron chi connectivity index (χ1n) is 13.9. The van der Waals surface area contributed by atoms with Gasteiger partial charge >= 0.3 is 5.97 Å².